The third-order valence-corrected chi connectivity index (χ3v) is 3.70. The zero-order valence-electron chi connectivity index (χ0n) is 10.3. The molecule has 0 bridgehead atoms. The molecule has 0 amide bonds. The number of rotatable bonds is 4. The average Bonchev–Trinajstić information content (AvgIpc) is 2.20. The predicted octanol–water partition coefficient (Wildman–Crippen LogP) is 3.13. The first kappa shape index (κ1) is 13.7. The second kappa shape index (κ2) is 5.30. The van der Waals surface area contributed by atoms with Crippen LogP contribution in [0.1, 0.15) is 37.4 Å². The van der Waals surface area contributed by atoms with Crippen molar-refractivity contribution in [1.82, 2.24) is 0 Å². The van der Waals surface area contributed by atoms with Gasteiger partial charge in [0.2, 0.25) is 0 Å². The molecule has 3 heteroatoms. The monoisotopic (exact) mass is 284 g/mol. The largest absolute Gasteiger partial charge is 0.330 e. The number of aryl methyl sites for hydroxylation is 1. The molecule has 0 saturated carbocycles. The highest BCUT2D eigenvalue weighted by atomic mass is 79.9. The summed E-state index contributed by atoms with van der Waals surface area (Å²) in [5.41, 5.74) is 14.5. The number of halogens is 1. The predicted molar refractivity (Wildman–Crippen MR) is 73.3 cm³/mol. The number of hydrogen-bond donors (Lipinski definition) is 2. The van der Waals surface area contributed by atoms with Crippen LogP contribution in [0.15, 0.2) is 22.7 Å². The number of benzene rings is 1. The van der Waals surface area contributed by atoms with Crippen molar-refractivity contribution in [3.05, 3.63) is 33.8 Å². The van der Waals surface area contributed by atoms with E-state index in [1.165, 1.54) is 11.1 Å². The van der Waals surface area contributed by atoms with Gasteiger partial charge >= 0.3 is 0 Å². The highest BCUT2D eigenvalue weighted by molar-refractivity contribution is 9.10. The Hall–Kier alpha value is -0.380. The van der Waals surface area contributed by atoms with E-state index in [9.17, 15) is 0 Å². The molecular weight excluding hydrogens is 264 g/mol. The highest BCUT2D eigenvalue weighted by Crippen LogP contribution is 2.36. The molecule has 1 aromatic carbocycles. The van der Waals surface area contributed by atoms with Crippen LogP contribution in [0.25, 0.3) is 0 Å². The van der Waals surface area contributed by atoms with E-state index in [-0.39, 0.29) is 11.5 Å². The average molecular weight is 285 g/mol. The Morgan fingerprint density at radius 3 is 2.56 bits per heavy atom. The van der Waals surface area contributed by atoms with Gasteiger partial charge in [-0.05, 0) is 48.6 Å². The molecule has 0 aromatic heterocycles. The number of nitrogens with two attached hydrogens (primary N) is 2. The van der Waals surface area contributed by atoms with Crippen molar-refractivity contribution in [3.63, 3.8) is 0 Å². The van der Waals surface area contributed by atoms with Crippen molar-refractivity contribution in [2.75, 3.05) is 6.54 Å². The molecule has 1 aromatic rings. The van der Waals surface area contributed by atoms with Gasteiger partial charge in [0, 0.05) is 10.5 Å². The molecule has 1 unspecified atom stereocenters. The molecule has 16 heavy (non-hydrogen) atoms. The maximum Gasteiger partial charge on any atom is 0.0350 e. The molecule has 0 aliphatic rings. The highest BCUT2D eigenvalue weighted by Gasteiger charge is 2.27. The molecule has 0 fully saturated rings. The summed E-state index contributed by atoms with van der Waals surface area (Å²) in [5.74, 6) is 0. The molecule has 90 valence electrons. The lowest BCUT2D eigenvalue weighted by atomic mass is 9.77. The lowest BCUT2D eigenvalue weighted by molar-refractivity contribution is 0.270. The van der Waals surface area contributed by atoms with Gasteiger partial charge < -0.3 is 11.5 Å². The molecule has 0 spiro atoms. The SMILES string of the molecule is Cc1ccc(Br)cc1C(N)C(C)(C)CCN. The molecule has 0 aliphatic carbocycles. The van der Waals surface area contributed by atoms with E-state index in [0.29, 0.717) is 6.54 Å². The lowest BCUT2D eigenvalue weighted by Gasteiger charge is -2.32. The maximum atomic E-state index is 6.35. The molecule has 0 saturated heterocycles. The van der Waals surface area contributed by atoms with Gasteiger partial charge in [-0.15, -0.1) is 0 Å². The van der Waals surface area contributed by atoms with E-state index in [0.717, 1.165) is 10.9 Å². The molecule has 1 rings (SSSR count). The quantitative estimate of drug-likeness (QED) is 0.893. The van der Waals surface area contributed by atoms with Gasteiger partial charge in [0.15, 0.2) is 0 Å². The van der Waals surface area contributed by atoms with Crippen LogP contribution in [0.5, 0.6) is 0 Å². The molecule has 0 radical (unpaired) electrons. The zero-order valence-corrected chi connectivity index (χ0v) is 11.8. The van der Waals surface area contributed by atoms with Gasteiger partial charge in [-0.1, -0.05) is 35.8 Å². The van der Waals surface area contributed by atoms with Crippen LogP contribution in [0.4, 0.5) is 0 Å². The molecule has 1 atom stereocenters. The Kier molecular flexibility index (Phi) is 4.53. The van der Waals surface area contributed by atoms with Crippen LogP contribution in [0.3, 0.4) is 0 Å². The molecular formula is C13H21BrN2. The van der Waals surface area contributed by atoms with Crippen LogP contribution >= 0.6 is 15.9 Å². The van der Waals surface area contributed by atoms with E-state index in [2.05, 4.69) is 48.8 Å². The Balaban J connectivity index is 3.03. The Bertz CT molecular complexity index is 361. The van der Waals surface area contributed by atoms with Gasteiger partial charge in [-0.3, -0.25) is 0 Å². The molecule has 0 heterocycles. The van der Waals surface area contributed by atoms with Crippen molar-refractivity contribution in [1.29, 1.82) is 0 Å². The third-order valence-electron chi connectivity index (χ3n) is 3.21. The van der Waals surface area contributed by atoms with Crippen LogP contribution in [-0.2, 0) is 0 Å². The lowest BCUT2D eigenvalue weighted by Crippen LogP contribution is -2.31. The summed E-state index contributed by atoms with van der Waals surface area (Å²) in [4.78, 5) is 0. The first-order valence-corrected chi connectivity index (χ1v) is 6.39. The summed E-state index contributed by atoms with van der Waals surface area (Å²) in [5, 5.41) is 0. The van der Waals surface area contributed by atoms with Gasteiger partial charge in [-0.2, -0.15) is 0 Å². The van der Waals surface area contributed by atoms with E-state index < -0.39 is 0 Å². The van der Waals surface area contributed by atoms with Crippen LogP contribution < -0.4 is 11.5 Å². The van der Waals surface area contributed by atoms with Gasteiger partial charge in [0.05, 0.1) is 0 Å². The fourth-order valence-corrected chi connectivity index (χ4v) is 2.27. The van der Waals surface area contributed by atoms with Crippen molar-refractivity contribution < 1.29 is 0 Å². The fourth-order valence-electron chi connectivity index (χ4n) is 1.89. The van der Waals surface area contributed by atoms with Gasteiger partial charge in [0.25, 0.3) is 0 Å². The normalized spacial score (nSPS) is 13.9. The van der Waals surface area contributed by atoms with Crippen molar-refractivity contribution in [2.45, 2.75) is 33.2 Å². The van der Waals surface area contributed by atoms with E-state index in [4.69, 9.17) is 11.5 Å². The molecule has 2 nitrogen and oxygen atoms in total. The van der Waals surface area contributed by atoms with Gasteiger partial charge in [0.1, 0.15) is 0 Å². The zero-order chi connectivity index (χ0) is 12.3. The van der Waals surface area contributed by atoms with E-state index in [1.54, 1.807) is 0 Å². The summed E-state index contributed by atoms with van der Waals surface area (Å²) in [6, 6.07) is 6.27. The Morgan fingerprint density at radius 2 is 2.00 bits per heavy atom. The Morgan fingerprint density at radius 1 is 1.38 bits per heavy atom. The first-order chi connectivity index (χ1) is 7.38. The van der Waals surface area contributed by atoms with E-state index >= 15 is 0 Å². The minimum Gasteiger partial charge on any atom is -0.330 e. The summed E-state index contributed by atoms with van der Waals surface area (Å²) in [7, 11) is 0. The fraction of sp³-hybridized carbons (Fsp3) is 0.538. The summed E-state index contributed by atoms with van der Waals surface area (Å²) in [6.07, 6.45) is 0.931. The van der Waals surface area contributed by atoms with Crippen LogP contribution in [0, 0.1) is 12.3 Å². The second-order valence-corrected chi connectivity index (χ2v) is 5.92. The standard InChI is InChI=1S/C13H21BrN2/c1-9-4-5-10(14)8-11(9)12(16)13(2,3)6-7-15/h4-5,8,12H,6-7,15-16H2,1-3H3. The topological polar surface area (TPSA) is 52.0 Å². The minimum absolute atomic E-state index is 0.0218. The van der Waals surface area contributed by atoms with Crippen LogP contribution in [0.2, 0.25) is 0 Å². The smallest absolute Gasteiger partial charge is 0.0350 e. The summed E-state index contributed by atoms with van der Waals surface area (Å²) >= 11 is 3.49. The summed E-state index contributed by atoms with van der Waals surface area (Å²) in [6.45, 7) is 7.11. The van der Waals surface area contributed by atoms with E-state index in [1.807, 2.05) is 6.07 Å². The minimum atomic E-state index is 0.0218. The van der Waals surface area contributed by atoms with Crippen molar-refractivity contribution in [3.8, 4) is 0 Å². The van der Waals surface area contributed by atoms with Crippen molar-refractivity contribution in [2.24, 2.45) is 16.9 Å². The van der Waals surface area contributed by atoms with Crippen molar-refractivity contribution >= 4 is 15.9 Å². The third kappa shape index (κ3) is 3.06. The second-order valence-electron chi connectivity index (χ2n) is 5.01. The van der Waals surface area contributed by atoms with Crippen LogP contribution in [-0.4, -0.2) is 6.54 Å². The summed E-state index contributed by atoms with van der Waals surface area (Å²) < 4.78 is 1.08. The maximum absolute atomic E-state index is 6.35. The van der Waals surface area contributed by atoms with Gasteiger partial charge in [-0.25, -0.2) is 0 Å². The molecule has 0 aliphatic heterocycles. The number of hydrogen-bond acceptors (Lipinski definition) is 2. The first-order valence-electron chi connectivity index (χ1n) is 5.60. The Labute approximate surface area is 107 Å². The molecule has 4 N–H and O–H groups in total.